The van der Waals surface area contributed by atoms with Gasteiger partial charge in [-0.1, -0.05) is 6.58 Å². The molecule has 1 heterocycles. The summed E-state index contributed by atoms with van der Waals surface area (Å²) in [7, 11) is 0. The van der Waals surface area contributed by atoms with Crippen molar-refractivity contribution in [1.82, 2.24) is 0 Å². The third-order valence-electron chi connectivity index (χ3n) is 0.921. The Kier molecular flexibility index (Phi) is 1.97. The average molecular weight is 184 g/mol. The minimum atomic E-state index is -4.89. The summed E-state index contributed by atoms with van der Waals surface area (Å²) in [5, 5.41) is 0. The zero-order valence-corrected chi connectivity index (χ0v) is 5.55. The lowest BCUT2D eigenvalue weighted by atomic mass is 10.5. The van der Waals surface area contributed by atoms with E-state index < -0.39 is 24.6 Å². The van der Waals surface area contributed by atoms with E-state index in [1.54, 1.807) is 0 Å². The first kappa shape index (κ1) is 8.85. The van der Waals surface area contributed by atoms with Crippen molar-refractivity contribution in [2.45, 2.75) is 12.7 Å². The van der Waals surface area contributed by atoms with Gasteiger partial charge in [0.2, 0.25) is 0 Å². The summed E-state index contributed by atoms with van der Waals surface area (Å²) in [5.74, 6) is -0.516. The summed E-state index contributed by atoms with van der Waals surface area (Å²) in [6, 6.07) is 0. The molecular formula is C5H3F3O4. The molecule has 0 N–H and O–H groups in total. The van der Waals surface area contributed by atoms with Crippen LogP contribution in [0.5, 0.6) is 0 Å². The predicted octanol–water partition coefficient (Wildman–Crippen LogP) is 1.53. The quantitative estimate of drug-likeness (QED) is 0.579. The Bertz CT molecular complexity index is 221. The van der Waals surface area contributed by atoms with Crippen molar-refractivity contribution in [2.24, 2.45) is 0 Å². The first-order valence-corrected chi connectivity index (χ1v) is 2.70. The van der Waals surface area contributed by atoms with Crippen LogP contribution in [0.4, 0.5) is 18.0 Å². The number of ether oxygens (including phenoxy) is 3. The van der Waals surface area contributed by atoms with Crippen LogP contribution in [0.2, 0.25) is 0 Å². The van der Waals surface area contributed by atoms with Gasteiger partial charge in [0.25, 0.3) is 6.29 Å². The summed E-state index contributed by atoms with van der Waals surface area (Å²) >= 11 is 0. The molecule has 1 unspecified atom stereocenters. The smallest absolute Gasteiger partial charge is 0.396 e. The Morgan fingerprint density at radius 3 is 2.42 bits per heavy atom. The third-order valence-corrected chi connectivity index (χ3v) is 0.921. The molecule has 0 aliphatic carbocycles. The van der Waals surface area contributed by atoms with Crippen LogP contribution in [0.1, 0.15) is 0 Å². The van der Waals surface area contributed by atoms with Crippen LogP contribution in [0.3, 0.4) is 0 Å². The molecule has 12 heavy (non-hydrogen) atoms. The SMILES string of the molecule is C=C1OC(=O)OC1OC(F)(F)F. The van der Waals surface area contributed by atoms with Gasteiger partial charge in [-0.05, 0) is 0 Å². The van der Waals surface area contributed by atoms with Gasteiger partial charge in [-0.3, -0.25) is 0 Å². The van der Waals surface area contributed by atoms with E-state index in [-0.39, 0.29) is 0 Å². The molecule has 1 rings (SSSR count). The Labute approximate surface area is 64.5 Å². The first-order chi connectivity index (χ1) is 5.38. The number of halogens is 3. The highest BCUT2D eigenvalue weighted by Gasteiger charge is 2.41. The molecule has 1 atom stereocenters. The molecule has 68 valence electrons. The highest BCUT2D eigenvalue weighted by molar-refractivity contribution is 5.64. The molecule has 0 radical (unpaired) electrons. The molecule has 0 amide bonds. The molecule has 0 saturated carbocycles. The maximum absolute atomic E-state index is 11.5. The van der Waals surface area contributed by atoms with Crippen molar-refractivity contribution in [3.05, 3.63) is 12.3 Å². The van der Waals surface area contributed by atoms with Crippen LogP contribution < -0.4 is 0 Å². The molecule has 1 aliphatic heterocycles. The highest BCUT2D eigenvalue weighted by Crippen LogP contribution is 2.26. The van der Waals surface area contributed by atoms with Crippen LogP contribution in [0.25, 0.3) is 0 Å². The van der Waals surface area contributed by atoms with Crippen molar-refractivity contribution in [1.29, 1.82) is 0 Å². The van der Waals surface area contributed by atoms with Crippen molar-refractivity contribution in [3.63, 3.8) is 0 Å². The number of rotatable bonds is 1. The van der Waals surface area contributed by atoms with Crippen LogP contribution in [0, 0.1) is 0 Å². The van der Waals surface area contributed by atoms with Crippen molar-refractivity contribution in [3.8, 4) is 0 Å². The van der Waals surface area contributed by atoms with Crippen molar-refractivity contribution in [2.75, 3.05) is 0 Å². The molecule has 0 aromatic carbocycles. The van der Waals surface area contributed by atoms with Crippen molar-refractivity contribution < 1.29 is 32.2 Å². The van der Waals surface area contributed by atoms with Crippen LogP contribution in [-0.4, -0.2) is 18.8 Å². The van der Waals surface area contributed by atoms with E-state index in [2.05, 4.69) is 20.8 Å². The van der Waals surface area contributed by atoms with E-state index in [0.717, 1.165) is 0 Å². The number of carbonyl (C=O) groups excluding carboxylic acids is 1. The van der Waals surface area contributed by atoms with Crippen LogP contribution in [0.15, 0.2) is 12.3 Å². The normalized spacial score (nSPS) is 23.8. The second-order valence-corrected chi connectivity index (χ2v) is 1.83. The summed E-state index contributed by atoms with van der Waals surface area (Å²) in [6.07, 6.45) is -8.03. The Balaban J connectivity index is 2.54. The number of cyclic esters (lactones) is 2. The minimum Gasteiger partial charge on any atom is -0.396 e. The molecule has 7 heteroatoms. The van der Waals surface area contributed by atoms with Crippen molar-refractivity contribution >= 4 is 6.16 Å². The van der Waals surface area contributed by atoms with Gasteiger partial charge in [0.05, 0.1) is 0 Å². The van der Waals surface area contributed by atoms with Gasteiger partial charge >= 0.3 is 12.5 Å². The topological polar surface area (TPSA) is 44.8 Å². The van der Waals surface area contributed by atoms with E-state index in [1.807, 2.05) is 0 Å². The Hall–Kier alpha value is -1.24. The van der Waals surface area contributed by atoms with Crippen LogP contribution in [-0.2, 0) is 14.2 Å². The summed E-state index contributed by atoms with van der Waals surface area (Å²) < 4.78 is 45.8. The van der Waals surface area contributed by atoms with Gasteiger partial charge in [-0.2, -0.15) is 0 Å². The molecule has 0 spiro atoms. The fourth-order valence-corrected chi connectivity index (χ4v) is 0.543. The second kappa shape index (κ2) is 2.67. The average Bonchev–Trinajstić information content (AvgIpc) is 2.06. The van der Waals surface area contributed by atoms with Gasteiger partial charge in [0.1, 0.15) is 0 Å². The monoisotopic (exact) mass is 184 g/mol. The Morgan fingerprint density at radius 2 is 2.08 bits per heavy atom. The highest BCUT2D eigenvalue weighted by atomic mass is 19.4. The van der Waals surface area contributed by atoms with E-state index in [4.69, 9.17) is 0 Å². The fraction of sp³-hybridized carbons (Fsp3) is 0.400. The first-order valence-electron chi connectivity index (χ1n) is 2.70. The molecule has 1 saturated heterocycles. The van der Waals surface area contributed by atoms with Gasteiger partial charge in [-0.15, -0.1) is 13.2 Å². The van der Waals surface area contributed by atoms with Gasteiger partial charge in [0, 0.05) is 0 Å². The van der Waals surface area contributed by atoms with E-state index >= 15 is 0 Å². The number of hydrogen-bond acceptors (Lipinski definition) is 4. The lowest BCUT2D eigenvalue weighted by Gasteiger charge is -2.10. The molecule has 0 bridgehead atoms. The standard InChI is InChI=1S/C5H3F3O4/c1-2-3(11-4(9)10-2)12-5(6,7)8/h3H,1H2. The zero-order valence-electron chi connectivity index (χ0n) is 5.55. The lowest BCUT2D eigenvalue weighted by Crippen LogP contribution is -2.24. The predicted molar refractivity (Wildman–Crippen MR) is 27.6 cm³/mol. The van der Waals surface area contributed by atoms with E-state index in [9.17, 15) is 18.0 Å². The van der Waals surface area contributed by atoms with Gasteiger partial charge in [0.15, 0.2) is 5.76 Å². The number of carbonyl (C=O) groups is 1. The largest absolute Gasteiger partial charge is 0.525 e. The summed E-state index contributed by atoms with van der Waals surface area (Å²) in [4.78, 5) is 10.2. The van der Waals surface area contributed by atoms with E-state index in [1.165, 1.54) is 0 Å². The number of hydrogen-bond donors (Lipinski definition) is 0. The third kappa shape index (κ3) is 2.12. The second-order valence-electron chi connectivity index (χ2n) is 1.83. The van der Waals surface area contributed by atoms with Gasteiger partial charge < -0.3 is 9.47 Å². The number of alkyl halides is 3. The lowest BCUT2D eigenvalue weighted by molar-refractivity contribution is -0.360. The summed E-state index contributed by atoms with van der Waals surface area (Å²) in [6.45, 7) is 2.98. The molecule has 1 aliphatic rings. The maximum Gasteiger partial charge on any atom is 0.525 e. The minimum absolute atomic E-state index is 0.516. The fourth-order valence-electron chi connectivity index (χ4n) is 0.543. The van der Waals surface area contributed by atoms with Gasteiger partial charge in [-0.25, -0.2) is 9.53 Å². The molecule has 4 nitrogen and oxygen atoms in total. The van der Waals surface area contributed by atoms with Crippen LogP contribution >= 0.6 is 0 Å². The Morgan fingerprint density at radius 1 is 1.50 bits per heavy atom. The summed E-state index contributed by atoms with van der Waals surface area (Å²) in [5.41, 5.74) is 0. The molecule has 1 fully saturated rings. The zero-order chi connectivity index (χ0) is 9.35. The maximum atomic E-state index is 11.5. The molecular weight excluding hydrogens is 181 g/mol. The molecule has 0 aromatic heterocycles. The van der Waals surface area contributed by atoms with E-state index in [0.29, 0.717) is 0 Å². The molecule has 0 aromatic rings.